The van der Waals surface area contributed by atoms with E-state index >= 15 is 0 Å². The molecule has 0 saturated carbocycles. The van der Waals surface area contributed by atoms with Crippen LogP contribution in [0.15, 0.2) is 35.3 Å². The number of benzene rings is 1. The first-order valence-electron chi connectivity index (χ1n) is 11.1. The van der Waals surface area contributed by atoms with Crippen LogP contribution >= 0.6 is 0 Å². The van der Waals surface area contributed by atoms with Crippen LogP contribution in [-0.2, 0) is 6.54 Å². The fraction of sp³-hybridized carbons (Fsp3) is 0.696. The van der Waals surface area contributed by atoms with Gasteiger partial charge in [0.25, 0.3) is 0 Å². The Balaban J connectivity index is 1.71. The van der Waals surface area contributed by atoms with Crippen molar-refractivity contribution >= 4 is 5.96 Å². The Bertz CT molecular complexity index is 559. The van der Waals surface area contributed by atoms with Gasteiger partial charge in [-0.1, -0.05) is 37.3 Å². The number of nitrogens with zero attached hydrogens (tertiary/aromatic N) is 3. The van der Waals surface area contributed by atoms with Gasteiger partial charge in [-0.15, -0.1) is 0 Å². The molecule has 0 spiro atoms. The first kappa shape index (κ1) is 22.7. The third-order valence-corrected chi connectivity index (χ3v) is 5.64. The Kier molecular flexibility index (Phi) is 10.4. The van der Waals surface area contributed by atoms with E-state index in [9.17, 15) is 0 Å². The van der Waals surface area contributed by atoms with Gasteiger partial charge in [-0.25, -0.2) is 0 Å². The highest BCUT2D eigenvalue weighted by atomic mass is 15.2. The monoisotopic (exact) mass is 387 g/mol. The molecular weight excluding hydrogens is 346 g/mol. The maximum Gasteiger partial charge on any atom is 0.191 e. The normalized spacial score (nSPS) is 19.2. The van der Waals surface area contributed by atoms with E-state index in [4.69, 9.17) is 4.99 Å². The molecule has 2 N–H and O–H groups in total. The molecule has 2 unspecified atom stereocenters. The van der Waals surface area contributed by atoms with Gasteiger partial charge in [0.05, 0.1) is 0 Å². The molecule has 2 atom stereocenters. The molecule has 0 bridgehead atoms. The van der Waals surface area contributed by atoms with Gasteiger partial charge in [0.15, 0.2) is 5.96 Å². The summed E-state index contributed by atoms with van der Waals surface area (Å²) in [5.41, 5.74) is 1.37. The fourth-order valence-electron chi connectivity index (χ4n) is 3.79. The smallest absolute Gasteiger partial charge is 0.191 e. The largest absolute Gasteiger partial charge is 0.357 e. The summed E-state index contributed by atoms with van der Waals surface area (Å²) in [5.74, 6) is 1.67. The lowest BCUT2D eigenvalue weighted by molar-refractivity contribution is 0.238. The number of rotatable bonds is 11. The predicted molar refractivity (Wildman–Crippen MR) is 121 cm³/mol. The summed E-state index contributed by atoms with van der Waals surface area (Å²) in [7, 11) is 2.21. The molecule has 1 heterocycles. The van der Waals surface area contributed by atoms with Crippen molar-refractivity contribution in [2.75, 3.05) is 46.3 Å². The maximum absolute atomic E-state index is 4.85. The van der Waals surface area contributed by atoms with Gasteiger partial charge in [0.1, 0.15) is 0 Å². The molecule has 0 aromatic heterocycles. The molecule has 0 aliphatic carbocycles. The Morgan fingerprint density at radius 3 is 2.75 bits per heavy atom. The van der Waals surface area contributed by atoms with Crippen molar-refractivity contribution in [1.29, 1.82) is 0 Å². The summed E-state index contributed by atoms with van der Waals surface area (Å²) in [5, 5.41) is 6.93. The number of likely N-dealkylation sites (tertiary alicyclic amines) is 1. The van der Waals surface area contributed by atoms with Gasteiger partial charge in [-0.3, -0.25) is 9.89 Å². The first-order chi connectivity index (χ1) is 13.6. The number of guanidine groups is 1. The lowest BCUT2D eigenvalue weighted by atomic mass is 10.1. The molecule has 0 amide bonds. The van der Waals surface area contributed by atoms with Crippen molar-refractivity contribution in [3.8, 4) is 0 Å². The molecule has 28 heavy (non-hydrogen) atoms. The van der Waals surface area contributed by atoms with Crippen LogP contribution in [0.2, 0.25) is 0 Å². The van der Waals surface area contributed by atoms with Crippen LogP contribution in [0.3, 0.4) is 0 Å². The predicted octanol–water partition coefficient (Wildman–Crippen LogP) is 3.18. The molecule has 1 aromatic carbocycles. The van der Waals surface area contributed by atoms with Crippen molar-refractivity contribution in [2.24, 2.45) is 10.9 Å². The van der Waals surface area contributed by atoms with E-state index in [0.717, 1.165) is 38.6 Å². The minimum atomic E-state index is 0.521. The third-order valence-electron chi connectivity index (χ3n) is 5.64. The number of aliphatic imine (C=N–C) groups is 1. The van der Waals surface area contributed by atoms with Crippen LogP contribution in [0, 0.1) is 5.92 Å². The quantitative estimate of drug-likeness (QED) is 0.452. The Labute approximate surface area is 172 Å². The van der Waals surface area contributed by atoms with Crippen molar-refractivity contribution in [3.63, 3.8) is 0 Å². The Morgan fingerprint density at radius 2 is 2.04 bits per heavy atom. The number of hydrogen-bond donors (Lipinski definition) is 2. The Morgan fingerprint density at radius 1 is 1.25 bits per heavy atom. The highest BCUT2D eigenvalue weighted by molar-refractivity contribution is 5.79. The second kappa shape index (κ2) is 12.8. The first-order valence-corrected chi connectivity index (χ1v) is 11.1. The van der Waals surface area contributed by atoms with Gasteiger partial charge < -0.3 is 15.5 Å². The van der Waals surface area contributed by atoms with Crippen LogP contribution < -0.4 is 10.6 Å². The van der Waals surface area contributed by atoms with Crippen LogP contribution in [0.5, 0.6) is 0 Å². The molecular formula is C23H41N5. The summed E-state index contributed by atoms with van der Waals surface area (Å²) < 4.78 is 0. The zero-order chi connectivity index (χ0) is 20.2. The maximum atomic E-state index is 4.85. The Hall–Kier alpha value is -1.59. The fourth-order valence-corrected chi connectivity index (χ4v) is 3.79. The topological polar surface area (TPSA) is 42.9 Å². The van der Waals surface area contributed by atoms with Crippen LogP contribution in [0.25, 0.3) is 0 Å². The van der Waals surface area contributed by atoms with E-state index in [1.54, 1.807) is 0 Å². The molecule has 158 valence electrons. The molecule has 0 radical (unpaired) electrons. The molecule has 1 aromatic rings. The van der Waals surface area contributed by atoms with Crippen LogP contribution in [-0.4, -0.2) is 68.1 Å². The second-order valence-electron chi connectivity index (χ2n) is 8.14. The minimum Gasteiger partial charge on any atom is -0.357 e. The van der Waals surface area contributed by atoms with Gasteiger partial charge >= 0.3 is 0 Å². The van der Waals surface area contributed by atoms with Crippen molar-refractivity contribution in [3.05, 3.63) is 35.9 Å². The molecule has 1 aliphatic heterocycles. The number of hydrogen-bond acceptors (Lipinski definition) is 3. The molecule has 2 rings (SSSR count). The van der Waals surface area contributed by atoms with E-state index in [1.165, 1.54) is 38.0 Å². The number of nitrogens with one attached hydrogen (secondary N) is 2. The van der Waals surface area contributed by atoms with E-state index in [1.807, 2.05) is 0 Å². The highest BCUT2D eigenvalue weighted by Crippen LogP contribution is 2.16. The van der Waals surface area contributed by atoms with Crippen molar-refractivity contribution < 1.29 is 0 Å². The molecule has 1 aliphatic rings. The van der Waals surface area contributed by atoms with Gasteiger partial charge in [0, 0.05) is 38.8 Å². The SMILES string of the molecule is CCCN1CCC(CN=C(NCC)NCCC(C)N(C)Cc2ccccc2)C1. The zero-order valence-electron chi connectivity index (χ0n) is 18.5. The lowest BCUT2D eigenvalue weighted by Gasteiger charge is -2.25. The lowest BCUT2D eigenvalue weighted by Crippen LogP contribution is -2.40. The van der Waals surface area contributed by atoms with Gasteiger partial charge in [0.2, 0.25) is 0 Å². The standard InChI is InChI=1S/C23H41N5/c1-5-15-28-16-13-22(19-28)17-26-23(24-6-2)25-14-12-20(3)27(4)18-21-10-8-7-9-11-21/h7-11,20,22H,5-6,12-19H2,1-4H3,(H2,24,25,26). The summed E-state index contributed by atoms with van der Waals surface area (Å²) in [6.45, 7) is 14.1. The van der Waals surface area contributed by atoms with Crippen molar-refractivity contribution in [2.45, 2.75) is 52.6 Å². The van der Waals surface area contributed by atoms with E-state index < -0.39 is 0 Å². The highest BCUT2D eigenvalue weighted by Gasteiger charge is 2.21. The minimum absolute atomic E-state index is 0.521. The molecule has 5 nitrogen and oxygen atoms in total. The van der Waals surface area contributed by atoms with E-state index in [0.29, 0.717) is 12.0 Å². The molecule has 1 fully saturated rings. The van der Waals surface area contributed by atoms with E-state index in [-0.39, 0.29) is 0 Å². The van der Waals surface area contributed by atoms with Crippen LogP contribution in [0.4, 0.5) is 0 Å². The van der Waals surface area contributed by atoms with Crippen molar-refractivity contribution in [1.82, 2.24) is 20.4 Å². The average molecular weight is 388 g/mol. The van der Waals surface area contributed by atoms with Crippen LogP contribution in [0.1, 0.15) is 45.6 Å². The third kappa shape index (κ3) is 8.19. The molecule has 1 saturated heterocycles. The summed E-state index contributed by atoms with van der Waals surface area (Å²) in [6.07, 6.45) is 3.63. The summed E-state index contributed by atoms with van der Waals surface area (Å²) >= 11 is 0. The average Bonchev–Trinajstić information content (AvgIpc) is 3.14. The summed E-state index contributed by atoms with van der Waals surface area (Å²) in [4.78, 5) is 9.85. The van der Waals surface area contributed by atoms with E-state index in [2.05, 4.69) is 78.6 Å². The zero-order valence-corrected chi connectivity index (χ0v) is 18.5. The van der Waals surface area contributed by atoms with Gasteiger partial charge in [-0.2, -0.15) is 0 Å². The second-order valence-corrected chi connectivity index (χ2v) is 8.14. The summed E-state index contributed by atoms with van der Waals surface area (Å²) in [6, 6.07) is 11.2. The molecule has 5 heteroatoms. The van der Waals surface area contributed by atoms with Gasteiger partial charge in [-0.05, 0) is 64.7 Å².